The highest BCUT2D eigenvalue weighted by molar-refractivity contribution is 7.89. The SMILES string of the molecule is NCc1cn[nH]c1S(=O)(=O)N1CCCC1. The fraction of sp³-hybridized carbons (Fsp3) is 0.625. The highest BCUT2D eigenvalue weighted by Crippen LogP contribution is 2.21. The molecule has 1 aliphatic heterocycles. The number of rotatable bonds is 3. The van der Waals surface area contributed by atoms with Gasteiger partial charge >= 0.3 is 0 Å². The van der Waals surface area contributed by atoms with Gasteiger partial charge < -0.3 is 5.73 Å². The van der Waals surface area contributed by atoms with Crippen molar-refractivity contribution in [1.29, 1.82) is 0 Å². The highest BCUT2D eigenvalue weighted by atomic mass is 32.2. The van der Waals surface area contributed by atoms with E-state index in [4.69, 9.17) is 5.73 Å². The molecule has 0 unspecified atom stereocenters. The van der Waals surface area contributed by atoms with Crippen LogP contribution in [0.2, 0.25) is 0 Å². The molecule has 84 valence electrons. The van der Waals surface area contributed by atoms with Crippen LogP contribution >= 0.6 is 0 Å². The largest absolute Gasteiger partial charge is 0.326 e. The summed E-state index contributed by atoms with van der Waals surface area (Å²) in [5.74, 6) is 0. The zero-order valence-corrected chi connectivity index (χ0v) is 9.13. The van der Waals surface area contributed by atoms with E-state index >= 15 is 0 Å². The smallest absolute Gasteiger partial charge is 0.260 e. The Hall–Kier alpha value is -0.920. The molecule has 0 aromatic carbocycles. The summed E-state index contributed by atoms with van der Waals surface area (Å²) in [7, 11) is -3.40. The molecule has 0 amide bonds. The maximum atomic E-state index is 12.1. The lowest BCUT2D eigenvalue weighted by atomic mass is 10.4. The van der Waals surface area contributed by atoms with Gasteiger partial charge in [-0.2, -0.15) is 9.40 Å². The predicted molar refractivity (Wildman–Crippen MR) is 54.5 cm³/mol. The zero-order valence-electron chi connectivity index (χ0n) is 8.31. The third-order valence-electron chi connectivity index (χ3n) is 2.56. The summed E-state index contributed by atoms with van der Waals surface area (Å²) in [6, 6.07) is 0. The van der Waals surface area contributed by atoms with E-state index in [1.54, 1.807) is 0 Å². The molecule has 15 heavy (non-hydrogen) atoms. The van der Waals surface area contributed by atoms with Gasteiger partial charge in [0.15, 0.2) is 5.03 Å². The van der Waals surface area contributed by atoms with Gasteiger partial charge in [0.05, 0.1) is 6.20 Å². The second-order valence-corrected chi connectivity index (χ2v) is 5.41. The summed E-state index contributed by atoms with van der Waals surface area (Å²) in [6.45, 7) is 1.36. The maximum absolute atomic E-state index is 12.1. The first kappa shape index (κ1) is 10.6. The van der Waals surface area contributed by atoms with Gasteiger partial charge in [0, 0.05) is 25.2 Å². The highest BCUT2D eigenvalue weighted by Gasteiger charge is 2.30. The van der Waals surface area contributed by atoms with Gasteiger partial charge in [0.25, 0.3) is 10.0 Å². The Morgan fingerprint density at radius 3 is 2.73 bits per heavy atom. The standard InChI is InChI=1S/C8H14N4O2S/c9-5-7-6-10-11-8(7)15(13,14)12-3-1-2-4-12/h6H,1-5,9H2,(H,10,11). The molecule has 1 aliphatic rings. The number of nitrogens with two attached hydrogens (primary N) is 1. The van der Waals surface area contributed by atoms with Crippen molar-refractivity contribution < 1.29 is 8.42 Å². The Morgan fingerprint density at radius 2 is 2.13 bits per heavy atom. The topological polar surface area (TPSA) is 92.1 Å². The van der Waals surface area contributed by atoms with Gasteiger partial charge in [-0.1, -0.05) is 0 Å². The molecule has 2 heterocycles. The molecule has 0 radical (unpaired) electrons. The molecule has 7 heteroatoms. The van der Waals surface area contributed by atoms with Crippen molar-refractivity contribution in [1.82, 2.24) is 14.5 Å². The second-order valence-electron chi connectivity index (χ2n) is 3.54. The summed E-state index contributed by atoms with van der Waals surface area (Å²) in [5, 5.41) is 6.38. The number of hydrogen-bond donors (Lipinski definition) is 2. The lowest BCUT2D eigenvalue weighted by Gasteiger charge is -2.14. The Morgan fingerprint density at radius 1 is 1.47 bits per heavy atom. The molecule has 6 nitrogen and oxygen atoms in total. The summed E-state index contributed by atoms with van der Waals surface area (Å²) in [6.07, 6.45) is 3.31. The van der Waals surface area contributed by atoms with Gasteiger partial charge in [-0.15, -0.1) is 0 Å². The van der Waals surface area contributed by atoms with Crippen LogP contribution in [0.3, 0.4) is 0 Å². The summed E-state index contributed by atoms with van der Waals surface area (Å²) in [5.41, 5.74) is 5.99. The molecule has 1 aromatic heterocycles. The molecular formula is C8H14N4O2S. The van der Waals surface area contributed by atoms with Gasteiger partial charge in [0.2, 0.25) is 0 Å². The molecule has 1 fully saturated rings. The van der Waals surface area contributed by atoms with E-state index in [9.17, 15) is 8.42 Å². The van der Waals surface area contributed by atoms with Gasteiger partial charge in [-0.3, -0.25) is 5.10 Å². The minimum atomic E-state index is -3.40. The van der Waals surface area contributed by atoms with Crippen molar-refractivity contribution in [3.05, 3.63) is 11.8 Å². The number of aromatic amines is 1. The second kappa shape index (κ2) is 3.92. The van der Waals surface area contributed by atoms with Crippen LogP contribution in [0.25, 0.3) is 0 Å². The third-order valence-corrected chi connectivity index (χ3v) is 4.48. The van der Waals surface area contributed by atoms with Crippen molar-refractivity contribution in [3.8, 4) is 0 Å². The molecule has 0 saturated carbocycles. The van der Waals surface area contributed by atoms with E-state index in [2.05, 4.69) is 10.2 Å². The van der Waals surface area contributed by atoms with Crippen LogP contribution in [0.5, 0.6) is 0 Å². The molecule has 1 saturated heterocycles. The van der Waals surface area contributed by atoms with Gasteiger partial charge in [-0.05, 0) is 12.8 Å². The van der Waals surface area contributed by atoms with Crippen molar-refractivity contribution in [2.45, 2.75) is 24.4 Å². The number of hydrogen-bond acceptors (Lipinski definition) is 4. The van der Waals surface area contributed by atoms with Crippen LogP contribution in [0, 0.1) is 0 Å². The van der Waals surface area contributed by atoms with Crippen LogP contribution in [-0.4, -0.2) is 36.0 Å². The Kier molecular flexibility index (Phi) is 2.76. The normalized spacial score (nSPS) is 18.5. The van der Waals surface area contributed by atoms with E-state index < -0.39 is 10.0 Å². The Labute approximate surface area is 88.5 Å². The molecule has 0 aliphatic carbocycles. The van der Waals surface area contributed by atoms with Crippen LogP contribution in [0.4, 0.5) is 0 Å². The van der Waals surface area contributed by atoms with E-state index in [1.807, 2.05) is 0 Å². The maximum Gasteiger partial charge on any atom is 0.260 e. The van der Waals surface area contributed by atoms with Gasteiger partial charge in [-0.25, -0.2) is 8.42 Å². The summed E-state index contributed by atoms with van der Waals surface area (Å²) >= 11 is 0. The predicted octanol–water partition coefficient (Wildman–Crippen LogP) is -0.347. The van der Waals surface area contributed by atoms with Crippen molar-refractivity contribution in [3.63, 3.8) is 0 Å². The first-order valence-corrected chi connectivity index (χ1v) is 6.32. The van der Waals surface area contributed by atoms with Crippen LogP contribution in [0.15, 0.2) is 11.2 Å². The fourth-order valence-electron chi connectivity index (χ4n) is 1.73. The Balaban J connectivity index is 2.36. The fourth-order valence-corrected chi connectivity index (χ4v) is 3.36. The minimum Gasteiger partial charge on any atom is -0.326 e. The monoisotopic (exact) mass is 230 g/mol. The first-order valence-electron chi connectivity index (χ1n) is 4.88. The van der Waals surface area contributed by atoms with E-state index in [1.165, 1.54) is 10.5 Å². The van der Waals surface area contributed by atoms with Crippen molar-refractivity contribution >= 4 is 10.0 Å². The van der Waals surface area contributed by atoms with E-state index in [0.29, 0.717) is 18.7 Å². The number of nitrogens with zero attached hydrogens (tertiary/aromatic N) is 2. The zero-order chi connectivity index (χ0) is 10.9. The third kappa shape index (κ3) is 1.77. The van der Waals surface area contributed by atoms with E-state index in [0.717, 1.165) is 12.8 Å². The van der Waals surface area contributed by atoms with Gasteiger partial charge in [0.1, 0.15) is 0 Å². The molecule has 1 aromatic rings. The number of H-pyrrole nitrogens is 1. The Bertz CT molecular complexity index is 433. The molecule has 0 spiro atoms. The summed E-state index contributed by atoms with van der Waals surface area (Å²) < 4.78 is 25.6. The van der Waals surface area contributed by atoms with Crippen LogP contribution < -0.4 is 5.73 Å². The minimum absolute atomic E-state index is 0.145. The van der Waals surface area contributed by atoms with Crippen LogP contribution in [-0.2, 0) is 16.6 Å². The number of aromatic nitrogens is 2. The molecule has 0 bridgehead atoms. The average molecular weight is 230 g/mol. The summed E-state index contributed by atoms with van der Waals surface area (Å²) in [4.78, 5) is 0. The van der Waals surface area contributed by atoms with Crippen molar-refractivity contribution in [2.75, 3.05) is 13.1 Å². The number of sulfonamides is 1. The lowest BCUT2D eigenvalue weighted by Crippen LogP contribution is -2.29. The first-order chi connectivity index (χ1) is 7.16. The van der Waals surface area contributed by atoms with Crippen LogP contribution in [0.1, 0.15) is 18.4 Å². The van der Waals surface area contributed by atoms with Crippen molar-refractivity contribution in [2.24, 2.45) is 5.73 Å². The lowest BCUT2D eigenvalue weighted by molar-refractivity contribution is 0.473. The van der Waals surface area contributed by atoms with E-state index in [-0.39, 0.29) is 11.6 Å². The molecule has 3 N–H and O–H groups in total. The molecule has 0 atom stereocenters. The molecule has 2 rings (SSSR count). The molecular weight excluding hydrogens is 216 g/mol. The number of nitrogens with one attached hydrogen (secondary N) is 1. The quantitative estimate of drug-likeness (QED) is 0.742. The average Bonchev–Trinajstić information content (AvgIpc) is 2.89.